The summed E-state index contributed by atoms with van der Waals surface area (Å²) in [5.74, 6) is 1.54. The molecule has 232 valence electrons. The van der Waals surface area contributed by atoms with E-state index >= 15 is 0 Å². The third-order valence-electron chi connectivity index (χ3n) is 10.3. The molecular weight excluding hydrogens is 532 g/mol. The molecule has 0 unspecified atom stereocenters. The number of hydrogen-bond acceptors (Lipinski definition) is 5. The molecule has 4 fully saturated rings. The van der Waals surface area contributed by atoms with Gasteiger partial charge in [0.15, 0.2) is 0 Å². The number of amides is 1. The highest BCUT2D eigenvalue weighted by molar-refractivity contribution is 7.84. The molecule has 1 amide bonds. The Hall–Kier alpha value is -1.22. The van der Waals surface area contributed by atoms with Gasteiger partial charge in [-0.2, -0.15) is 0 Å². The van der Waals surface area contributed by atoms with Gasteiger partial charge in [-0.25, -0.2) is 13.7 Å². The number of carbonyl (C=O) groups is 1. The van der Waals surface area contributed by atoms with E-state index in [1.54, 1.807) is 5.57 Å². The summed E-state index contributed by atoms with van der Waals surface area (Å²) in [6.45, 7) is 15.5. The van der Waals surface area contributed by atoms with Crippen LogP contribution in [0.3, 0.4) is 0 Å². The third-order valence-corrected chi connectivity index (χ3v) is 11.9. The predicted molar refractivity (Wildman–Crippen MR) is 168 cm³/mol. The van der Waals surface area contributed by atoms with Gasteiger partial charge < -0.3 is 20.7 Å². The zero-order chi connectivity index (χ0) is 29.6. The second-order valence-corrected chi connectivity index (χ2v) is 17.7. The molecule has 2 heterocycles. The van der Waals surface area contributed by atoms with Crippen LogP contribution in [0.5, 0.6) is 0 Å². The third kappa shape index (κ3) is 7.13. The monoisotopic (exact) mass is 588 g/mol. The summed E-state index contributed by atoms with van der Waals surface area (Å²) in [5.41, 5.74) is 9.57. The number of hydrogen-bond donors (Lipinski definition) is 3. The minimum absolute atomic E-state index is 0.0807. The van der Waals surface area contributed by atoms with Crippen LogP contribution in [0.15, 0.2) is 23.3 Å². The van der Waals surface area contributed by atoms with E-state index in [2.05, 4.69) is 22.2 Å². The molecule has 0 bridgehead atoms. The highest BCUT2D eigenvalue weighted by atomic mass is 32.2. The molecule has 7 nitrogen and oxygen atoms in total. The second-order valence-electron chi connectivity index (χ2n) is 15.7. The molecule has 2 saturated carbocycles. The number of nitrogens with zero attached hydrogens (tertiary/aromatic N) is 1. The number of rotatable bonds is 4. The molecule has 0 aromatic heterocycles. The Balaban J connectivity index is 0.000000200. The summed E-state index contributed by atoms with van der Waals surface area (Å²) in [6.07, 6.45) is 16.7. The van der Waals surface area contributed by atoms with Crippen molar-refractivity contribution < 1.29 is 13.7 Å². The maximum absolute atomic E-state index is 12.9. The van der Waals surface area contributed by atoms with E-state index < -0.39 is 16.6 Å². The number of piperidine rings is 2. The van der Waals surface area contributed by atoms with Crippen molar-refractivity contribution in [2.24, 2.45) is 28.4 Å². The average molecular weight is 589 g/mol. The molecular formula is C33H56N4O3S. The summed E-state index contributed by atoms with van der Waals surface area (Å²) < 4.78 is 21.6. The zero-order valence-electron chi connectivity index (χ0n) is 26.5. The van der Waals surface area contributed by atoms with Crippen molar-refractivity contribution in [3.05, 3.63) is 23.3 Å². The standard InChI is InChI=1S/C21H36N2O3S.C12H20N2/c1-19(2,3)26-18(24)23-13-11-21(12-14-23)10-9-16(15-7-8-15)17(21)22-27(25)20(4,5)6;13-11-10(9-1-2-9)3-4-12(11)5-7-14-8-6-12/h9,15,17,22H,7-8,10-14H2,1-6H3;3,9,11,14H,1-2,4-8,13H2/t17-,27-;11-/m11/s1. The molecule has 4 aliphatic carbocycles. The van der Waals surface area contributed by atoms with Crippen LogP contribution >= 0.6 is 0 Å². The van der Waals surface area contributed by atoms with Crippen LogP contribution in [-0.4, -0.2) is 63.8 Å². The van der Waals surface area contributed by atoms with Gasteiger partial charge in [0.05, 0.1) is 15.7 Å². The van der Waals surface area contributed by atoms with Crippen molar-refractivity contribution in [1.29, 1.82) is 0 Å². The molecule has 2 saturated heterocycles. The van der Waals surface area contributed by atoms with E-state index in [0.29, 0.717) is 30.5 Å². The van der Waals surface area contributed by atoms with Crippen molar-refractivity contribution in [2.45, 2.75) is 128 Å². The maximum Gasteiger partial charge on any atom is 0.410 e. The van der Waals surface area contributed by atoms with E-state index in [1.807, 2.05) is 46.4 Å². The van der Waals surface area contributed by atoms with E-state index in [-0.39, 0.29) is 22.3 Å². The summed E-state index contributed by atoms with van der Waals surface area (Å²) in [6, 6.07) is 0.558. The highest BCUT2D eigenvalue weighted by Crippen LogP contribution is 2.53. The fourth-order valence-corrected chi connectivity index (χ4v) is 8.32. The van der Waals surface area contributed by atoms with E-state index in [0.717, 1.165) is 25.2 Å². The van der Waals surface area contributed by atoms with Crippen LogP contribution in [-0.2, 0) is 15.7 Å². The second kappa shape index (κ2) is 11.7. The van der Waals surface area contributed by atoms with E-state index in [1.165, 1.54) is 63.6 Å². The van der Waals surface area contributed by atoms with Crippen LogP contribution in [0.25, 0.3) is 0 Å². The van der Waals surface area contributed by atoms with Crippen molar-refractivity contribution in [1.82, 2.24) is 14.9 Å². The molecule has 3 atom stereocenters. The van der Waals surface area contributed by atoms with Crippen LogP contribution in [0, 0.1) is 22.7 Å². The predicted octanol–water partition coefficient (Wildman–Crippen LogP) is 5.59. The van der Waals surface area contributed by atoms with Gasteiger partial charge in [0.1, 0.15) is 5.60 Å². The first-order chi connectivity index (χ1) is 19.2. The first-order valence-corrected chi connectivity index (χ1v) is 17.4. The summed E-state index contributed by atoms with van der Waals surface area (Å²) >= 11 is 0. The van der Waals surface area contributed by atoms with Gasteiger partial charge in [-0.1, -0.05) is 23.3 Å². The van der Waals surface area contributed by atoms with E-state index in [9.17, 15) is 9.00 Å². The average Bonchev–Trinajstić information content (AvgIpc) is 3.84. The largest absolute Gasteiger partial charge is 0.444 e. The number of nitrogens with two attached hydrogens (primary N) is 1. The summed E-state index contributed by atoms with van der Waals surface area (Å²) in [7, 11) is -1.09. The molecule has 6 aliphatic rings. The van der Waals surface area contributed by atoms with Crippen molar-refractivity contribution in [2.75, 3.05) is 26.2 Å². The van der Waals surface area contributed by atoms with Gasteiger partial charge in [-0.3, -0.25) is 0 Å². The molecule has 0 radical (unpaired) electrons. The van der Waals surface area contributed by atoms with E-state index in [4.69, 9.17) is 10.5 Å². The Kier molecular flexibility index (Phi) is 8.91. The zero-order valence-corrected chi connectivity index (χ0v) is 27.3. The lowest BCUT2D eigenvalue weighted by molar-refractivity contribution is 0.00879. The van der Waals surface area contributed by atoms with Crippen LogP contribution in [0.2, 0.25) is 0 Å². The molecule has 0 aromatic carbocycles. The van der Waals surface area contributed by atoms with Crippen molar-refractivity contribution in [3.8, 4) is 0 Å². The molecule has 0 aromatic rings. The van der Waals surface area contributed by atoms with Gasteiger partial charge in [0.2, 0.25) is 0 Å². The number of ether oxygens (including phenoxy) is 1. The normalized spacial score (nSPS) is 30.0. The number of likely N-dealkylation sites (tertiary alicyclic amines) is 1. The van der Waals surface area contributed by atoms with Gasteiger partial charge in [0, 0.05) is 25.2 Å². The van der Waals surface area contributed by atoms with Crippen LogP contribution < -0.4 is 15.8 Å². The molecule has 6 rings (SSSR count). The lowest BCUT2D eigenvalue weighted by Gasteiger charge is -2.44. The molecule has 8 heteroatoms. The number of carbonyl (C=O) groups excluding carboxylic acids is 1. The van der Waals surface area contributed by atoms with Gasteiger partial charge in [0.25, 0.3) is 0 Å². The number of nitrogens with one attached hydrogen (secondary N) is 2. The summed E-state index contributed by atoms with van der Waals surface area (Å²) in [5, 5.41) is 3.44. The Morgan fingerprint density at radius 2 is 1.46 bits per heavy atom. The molecule has 41 heavy (non-hydrogen) atoms. The summed E-state index contributed by atoms with van der Waals surface area (Å²) in [4.78, 5) is 14.3. The first kappa shape index (κ1) is 31.2. The van der Waals surface area contributed by atoms with Crippen molar-refractivity contribution in [3.63, 3.8) is 0 Å². The van der Waals surface area contributed by atoms with Gasteiger partial charge >= 0.3 is 6.09 Å². The Morgan fingerprint density at radius 1 is 0.927 bits per heavy atom. The molecule has 2 spiro atoms. The van der Waals surface area contributed by atoms with Crippen LogP contribution in [0.1, 0.15) is 106 Å². The van der Waals surface area contributed by atoms with Gasteiger partial charge in [-0.15, -0.1) is 0 Å². The minimum Gasteiger partial charge on any atom is -0.444 e. The smallest absolute Gasteiger partial charge is 0.410 e. The van der Waals surface area contributed by atoms with Crippen LogP contribution in [0.4, 0.5) is 4.79 Å². The molecule has 2 aliphatic heterocycles. The Bertz CT molecular complexity index is 1050. The van der Waals surface area contributed by atoms with Gasteiger partial charge in [-0.05, 0) is 142 Å². The quantitative estimate of drug-likeness (QED) is 0.372. The minimum atomic E-state index is -1.09. The fourth-order valence-electron chi connectivity index (χ4n) is 7.37. The topological polar surface area (TPSA) is 96.7 Å². The SMILES string of the molecule is CC(C)(C)OC(=O)N1CCC2(CC=C(C3CC3)[C@H]2N[S@](=O)C(C)(C)C)CC1.N[C@@H]1C(C2CC2)=CCC12CCNCC2. The lowest BCUT2D eigenvalue weighted by Crippen LogP contribution is -2.53. The molecule has 4 N–H and O–H groups in total. The lowest BCUT2D eigenvalue weighted by atomic mass is 9.72. The first-order valence-electron chi connectivity index (χ1n) is 16.3. The maximum atomic E-state index is 12.9. The highest BCUT2D eigenvalue weighted by Gasteiger charge is 2.51. The Labute approximate surface area is 251 Å². The Morgan fingerprint density at radius 3 is 2.00 bits per heavy atom. The fraction of sp³-hybridized carbons (Fsp3) is 0.848. The van der Waals surface area contributed by atoms with Crippen molar-refractivity contribution >= 4 is 17.1 Å². The number of allylic oxidation sites excluding steroid dienone is 2.